The largest absolute Gasteiger partial charge is 0.488 e. The molecule has 154 valence electrons. The van der Waals surface area contributed by atoms with Crippen molar-refractivity contribution in [3.63, 3.8) is 0 Å². The molecule has 0 amide bonds. The van der Waals surface area contributed by atoms with Gasteiger partial charge in [0.15, 0.2) is 5.96 Å². The fraction of sp³-hybridized carbons (Fsp3) is 0.650. The summed E-state index contributed by atoms with van der Waals surface area (Å²) in [5.74, 6) is 1.73. The number of para-hydroxylation sites is 1. The molecule has 27 heavy (non-hydrogen) atoms. The molecular weight excluding hydrogens is 453 g/mol. The van der Waals surface area contributed by atoms with Gasteiger partial charge >= 0.3 is 0 Å². The summed E-state index contributed by atoms with van der Waals surface area (Å²) in [6.07, 6.45) is 0. The number of hydrogen-bond donors (Lipinski definition) is 2. The molecule has 6 nitrogen and oxygen atoms in total. The number of hydrogen-bond acceptors (Lipinski definition) is 4. The molecule has 2 rings (SSSR count). The molecule has 0 saturated carbocycles. The Morgan fingerprint density at radius 1 is 1.19 bits per heavy atom. The zero-order chi connectivity index (χ0) is 19.2. The van der Waals surface area contributed by atoms with Gasteiger partial charge in [0.1, 0.15) is 11.4 Å². The number of likely N-dealkylation sites (N-methyl/N-ethyl adjacent to an activating group) is 2. The molecule has 1 aromatic rings. The molecule has 0 radical (unpaired) electrons. The van der Waals surface area contributed by atoms with Crippen molar-refractivity contribution in [1.82, 2.24) is 20.4 Å². The third kappa shape index (κ3) is 8.23. The molecule has 1 fully saturated rings. The molecule has 1 aliphatic heterocycles. The predicted octanol–water partition coefficient (Wildman–Crippen LogP) is 2.39. The van der Waals surface area contributed by atoms with Crippen LogP contribution in [0.4, 0.5) is 0 Å². The first-order valence-electron chi connectivity index (χ1n) is 9.38. The van der Waals surface area contributed by atoms with E-state index in [2.05, 4.69) is 66.4 Å². The summed E-state index contributed by atoms with van der Waals surface area (Å²) >= 11 is 0. The second kappa shape index (κ2) is 11.1. The molecule has 0 bridgehead atoms. The van der Waals surface area contributed by atoms with Crippen LogP contribution in [0.5, 0.6) is 5.75 Å². The van der Waals surface area contributed by atoms with Crippen LogP contribution in [0.2, 0.25) is 0 Å². The van der Waals surface area contributed by atoms with Crippen molar-refractivity contribution in [2.75, 3.05) is 47.3 Å². The first-order valence-corrected chi connectivity index (χ1v) is 9.38. The molecular formula is C20H36IN5O. The Kier molecular flexibility index (Phi) is 9.83. The Labute approximate surface area is 181 Å². The molecule has 7 heteroatoms. The van der Waals surface area contributed by atoms with Crippen LogP contribution in [0.25, 0.3) is 0 Å². The van der Waals surface area contributed by atoms with E-state index in [1.807, 2.05) is 25.2 Å². The Morgan fingerprint density at radius 3 is 2.56 bits per heavy atom. The number of rotatable bonds is 5. The molecule has 0 aliphatic carbocycles. The van der Waals surface area contributed by atoms with Crippen LogP contribution < -0.4 is 15.4 Å². The van der Waals surface area contributed by atoms with Gasteiger partial charge in [-0.05, 0) is 40.9 Å². The van der Waals surface area contributed by atoms with Gasteiger partial charge in [-0.3, -0.25) is 9.89 Å². The van der Waals surface area contributed by atoms with Crippen LogP contribution >= 0.6 is 24.0 Å². The lowest BCUT2D eigenvalue weighted by Crippen LogP contribution is -2.55. The van der Waals surface area contributed by atoms with Crippen LogP contribution in [0.15, 0.2) is 29.3 Å². The highest BCUT2D eigenvalue weighted by Gasteiger charge is 2.22. The standard InChI is InChI=1S/C20H35N5O.HI/c1-20(2,3)26-18-10-8-7-9-16(18)13-22-19(21-4)23-14-17-15-24(5)11-12-25(17)6;/h7-10,17H,11-15H2,1-6H3,(H2,21,22,23);1H. The maximum atomic E-state index is 6.07. The van der Waals surface area contributed by atoms with Crippen LogP contribution in [-0.2, 0) is 6.54 Å². The number of ether oxygens (including phenoxy) is 1. The molecule has 1 aliphatic rings. The molecule has 1 aromatic carbocycles. The van der Waals surface area contributed by atoms with Crippen LogP contribution in [-0.4, -0.2) is 74.7 Å². The smallest absolute Gasteiger partial charge is 0.191 e. The van der Waals surface area contributed by atoms with E-state index in [-0.39, 0.29) is 29.6 Å². The number of nitrogens with one attached hydrogen (secondary N) is 2. The second-order valence-electron chi connectivity index (χ2n) is 8.03. The Bertz CT molecular complexity index is 602. The second-order valence-corrected chi connectivity index (χ2v) is 8.03. The van der Waals surface area contributed by atoms with E-state index in [0.29, 0.717) is 12.6 Å². The van der Waals surface area contributed by atoms with Gasteiger partial charge < -0.3 is 20.3 Å². The third-order valence-corrected chi connectivity index (χ3v) is 4.54. The summed E-state index contributed by atoms with van der Waals surface area (Å²) in [5, 5.41) is 6.86. The normalized spacial score (nSPS) is 19.3. The zero-order valence-electron chi connectivity index (χ0n) is 17.6. The van der Waals surface area contributed by atoms with Gasteiger partial charge in [0.05, 0.1) is 0 Å². The van der Waals surface area contributed by atoms with Gasteiger partial charge in [0.25, 0.3) is 0 Å². The van der Waals surface area contributed by atoms with Gasteiger partial charge in [-0.15, -0.1) is 24.0 Å². The molecule has 2 N–H and O–H groups in total. The lowest BCUT2D eigenvalue weighted by atomic mass is 10.1. The number of aliphatic imine (C=N–C) groups is 1. The minimum Gasteiger partial charge on any atom is -0.488 e. The summed E-state index contributed by atoms with van der Waals surface area (Å²) in [7, 11) is 6.18. The summed E-state index contributed by atoms with van der Waals surface area (Å²) in [4.78, 5) is 9.14. The van der Waals surface area contributed by atoms with E-state index in [4.69, 9.17) is 4.74 Å². The van der Waals surface area contributed by atoms with E-state index in [1.165, 1.54) is 0 Å². The van der Waals surface area contributed by atoms with E-state index in [1.54, 1.807) is 0 Å². The molecule has 1 saturated heterocycles. The summed E-state index contributed by atoms with van der Waals surface area (Å²) in [6, 6.07) is 8.64. The van der Waals surface area contributed by atoms with E-state index >= 15 is 0 Å². The van der Waals surface area contributed by atoms with E-state index < -0.39 is 0 Å². The van der Waals surface area contributed by atoms with Crippen molar-refractivity contribution >= 4 is 29.9 Å². The number of halogens is 1. The quantitative estimate of drug-likeness (QED) is 0.378. The third-order valence-electron chi connectivity index (χ3n) is 4.54. The average Bonchev–Trinajstić information content (AvgIpc) is 2.58. The summed E-state index contributed by atoms with van der Waals surface area (Å²) in [5.41, 5.74) is 0.910. The fourth-order valence-corrected chi connectivity index (χ4v) is 3.02. The maximum absolute atomic E-state index is 6.07. The maximum Gasteiger partial charge on any atom is 0.191 e. The Hall–Kier alpha value is -1.06. The highest BCUT2D eigenvalue weighted by atomic mass is 127. The minimum absolute atomic E-state index is 0. The molecule has 0 spiro atoms. The van der Waals surface area contributed by atoms with Crippen LogP contribution in [0.3, 0.4) is 0 Å². The van der Waals surface area contributed by atoms with Gasteiger partial charge in [0, 0.05) is 51.4 Å². The topological polar surface area (TPSA) is 52.1 Å². The lowest BCUT2D eigenvalue weighted by Gasteiger charge is -2.37. The van der Waals surface area contributed by atoms with Gasteiger partial charge in [-0.25, -0.2) is 0 Å². The van der Waals surface area contributed by atoms with Gasteiger partial charge in [-0.2, -0.15) is 0 Å². The number of piperazine rings is 1. The Balaban J connectivity index is 0.00000364. The van der Waals surface area contributed by atoms with E-state index in [0.717, 1.165) is 43.5 Å². The highest BCUT2D eigenvalue weighted by molar-refractivity contribution is 14.0. The van der Waals surface area contributed by atoms with Crippen molar-refractivity contribution in [3.05, 3.63) is 29.8 Å². The lowest BCUT2D eigenvalue weighted by molar-refractivity contribution is 0.116. The fourth-order valence-electron chi connectivity index (χ4n) is 3.02. The van der Waals surface area contributed by atoms with Crippen molar-refractivity contribution < 1.29 is 4.74 Å². The summed E-state index contributed by atoms with van der Waals surface area (Å²) in [6.45, 7) is 11.0. The van der Waals surface area contributed by atoms with Crippen LogP contribution in [0.1, 0.15) is 26.3 Å². The van der Waals surface area contributed by atoms with Crippen molar-refractivity contribution in [3.8, 4) is 5.75 Å². The number of benzene rings is 1. The van der Waals surface area contributed by atoms with Gasteiger partial charge in [-0.1, -0.05) is 18.2 Å². The SMILES string of the molecule is CN=C(NCc1ccccc1OC(C)(C)C)NCC1CN(C)CCN1C.I. The van der Waals surface area contributed by atoms with Gasteiger partial charge in [0.2, 0.25) is 0 Å². The number of nitrogens with zero attached hydrogens (tertiary/aromatic N) is 3. The first kappa shape index (κ1) is 24.0. The zero-order valence-corrected chi connectivity index (χ0v) is 19.9. The van der Waals surface area contributed by atoms with Crippen molar-refractivity contribution in [2.45, 2.75) is 39.0 Å². The average molecular weight is 489 g/mol. The molecule has 1 unspecified atom stereocenters. The minimum atomic E-state index is -0.215. The van der Waals surface area contributed by atoms with Crippen molar-refractivity contribution in [1.29, 1.82) is 0 Å². The van der Waals surface area contributed by atoms with Crippen molar-refractivity contribution in [2.24, 2.45) is 4.99 Å². The predicted molar refractivity (Wildman–Crippen MR) is 124 cm³/mol. The van der Waals surface area contributed by atoms with E-state index in [9.17, 15) is 0 Å². The highest BCUT2D eigenvalue weighted by Crippen LogP contribution is 2.22. The Morgan fingerprint density at radius 2 is 1.89 bits per heavy atom. The monoisotopic (exact) mass is 489 g/mol. The first-order chi connectivity index (χ1) is 12.3. The molecule has 0 aromatic heterocycles. The molecule has 1 heterocycles. The summed E-state index contributed by atoms with van der Waals surface area (Å²) < 4.78 is 6.07. The number of guanidine groups is 1. The van der Waals surface area contributed by atoms with Crippen LogP contribution in [0, 0.1) is 0 Å². The molecule has 1 atom stereocenters.